The van der Waals surface area contributed by atoms with E-state index in [-0.39, 0.29) is 17.0 Å². The smallest absolute Gasteiger partial charge is 0.322 e. The first kappa shape index (κ1) is 21.4. The molecule has 1 saturated carbocycles. The number of rotatable bonds is 4. The van der Waals surface area contributed by atoms with Crippen molar-refractivity contribution in [1.29, 1.82) is 0 Å². The fourth-order valence-corrected chi connectivity index (χ4v) is 4.65. The molecule has 0 bridgehead atoms. The van der Waals surface area contributed by atoms with Crippen molar-refractivity contribution in [3.63, 3.8) is 0 Å². The van der Waals surface area contributed by atoms with E-state index < -0.39 is 23.3 Å². The third kappa shape index (κ3) is 3.81. The highest BCUT2D eigenvalue weighted by Gasteiger charge is 2.45. The van der Waals surface area contributed by atoms with E-state index in [0.717, 1.165) is 17.4 Å². The van der Waals surface area contributed by atoms with E-state index in [4.69, 9.17) is 0 Å². The Hall–Kier alpha value is -3.49. The first-order valence-corrected chi connectivity index (χ1v) is 11.2. The summed E-state index contributed by atoms with van der Waals surface area (Å²) in [6.07, 6.45) is 4.45. The van der Waals surface area contributed by atoms with Crippen molar-refractivity contribution >= 4 is 23.7 Å². The van der Waals surface area contributed by atoms with Crippen LogP contribution in [0.2, 0.25) is 0 Å². The molecule has 0 unspecified atom stereocenters. The Morgan fingerprint density at radius 3 is 2.45 bits per heavy atom. The van der Waals surface area contributed by atoms with E-state index in [1.54, 1.807) is 4.90 Å². The van der Waals surface area contributed by atoms with Crippen LogP contribution in [0.4, 0.5) is 15.0 Å². The van der Waals surface area contributed by atoms with Gasteiger partial charge in [-0.05, 0) is 55.9 Å². The Morgan fingerprint density at radius 1 is 1.15 bits per heavy atom. The molecule has 9 heteroatoms. The average molecular weight is 452 g/mol. The summed E-state index contributed by atoms with van der Waals surface area (Å²) in [7, 11) is 0. The van der Waals surface area contributed by atoms with Crippen LogP contribution in [-0.4, -0.2) is 53.9 Å². The lowest BCUT2D eigenvalue weighted by atomic mass is 9.91. The summed E-state index contributed by atoms with van der Waals surface area (Å²) in [5.74, 6) is 0.00458. The number of amides is 4. The van der Waals surface area contributed by atoms with Crippen molar-refractivity contribution in [2.24, 2.45) is 0 Å². The van der Waals surface area contributed by atoms with Crippen molar-refractivity contribution in [2.75, 3.05) is 31.1 Å². The monoisotopic (exact) mass is 451 g/mol. The van der Waals surface area contributed by atoms with Gasteiger partial charge >= 0.3 is 6.03 Å². The van der Waals surface area contributed by atoms with Crippen LogP contribution in [0.5, 0.6) is 0 Å². The lowest BCUT2D eigenvalue weighted by molar-refractivity contribution is -0.123. The fourth-order valence-electron chi connectivity index (χ4n) is 4.65. The van der Waals surface area contributed by atoms with Crippen LogP contribution in [0.1, 0.15) is 52.7 Å². The summed E-state index contributed by atoms with van der Waals surface area (Å²) >= 11 is 0. The van der Waals surface area contributed by atoms with Crippen molar-refractivity contribution in [1.82, 2.24) is 20.5 Å². The number of nitrogens with zero attached hydrogens (tertiary/aromatic N) is 3. The first-order chi connectivity index (χ1) is 15.8. The molecule has 3 fully saturated rings. The predicted octanol–water partition coefficient (Wildman–Crippen LogP) is 2.42. The second kappa shape index (κ2) is 7.83. The Balaban J connectivity index is 1.26. The van der Waals surface area contributed by atoms with Crippen LogP contribution in [0.25, 0.3) is 0 Å². The van der Waals surface area contributed by atoms with E-state index >= 15 is 0 Å². The standard InChI is InChI=1S/C24H26FN5O3/c1-14-11-17(15-3-4-15)13-26-20(14)29-7-9-30(10-8-29)21(31)16-5-6-18(19(25)12-16)24(2)22(32)27-23(33)28-24/h5-6,11-13,15H,3-4,7-10H2,1-2H3,(H2,27,28,32,33)/t24-/m0/s1. The van der Waals surface area contributed by atoms with Crippen molar-refractivity contribution in [3.05, 3.63) is 58.5 Å². The van der Waals surface area contributed by atoms with Crippen LogP contribution in [-0.2, 0) is 10.3 Å². The molecule has 1 aromatic heterocycles. The van der Waals surface area contributed by atoms with Crippen LogP contribution < -0.4 is 15.5 Å². The van der Waals surface area contributed by atoms with Gasteiger partial charge in [-0.3, -0.25) is 14.9 Å². The number of nitrogens with one attached hydrogen (secondary N) is 2. The molecule has 8 nitrogen and oxygen atoms in total. The highest BCUT2D eigenvalue weighted by atomic mass is 19.1. The number of aromatic nitrogens is 1. The molecule has 2 N–H and O–H groups in total. The average Bonchev–Trinajstić information content (AvgIpc) is 3.60. The number of benzene rings is 1. The molecule has 2 aliphatic heterocycles. The van der Waals surface area contributed by atoms with E-state index in [0.29, 0.717) is 32.1 Å². The van der Waals surface area contributed by atoms with Gasteiger partial charge in [0, 0.05) is 43.5 Å². The minimum absolute atomic E-state index is 0.0170. The quantitative estimate of drug-likeness (QED) is 0.697. The van der Waals surface area contributed by atoms with Gasteiger partial charge in [-0.25, -0.2) is 14.2 Å². The van der Waals surface area contributed by atoms with Gasteiger partial charge < -0.3 is 15.1 Å². The molecule has 3 heterocycles. The number of pyridine rings is 1. The summed E-state index contributed by atoms with van der Waals surface area (Å²) in [5, 5.41) is 4.56. The van der Waals surface area contributed by atoms with E-state index in [9.17, 15) is 18.8 Å². The molecule has 3 aliphatic rings. The fraction of sp³-hybridized carbons (Fsp3) is 0.417. The highest BCUT2D eigenvalue weighted by Crippen LogP contribution is 2.40. The van der Waals surface area contributed by atoms with E-state index in [1.807, 2.05) is 6.20 Å². The molecule has 1 aromatic carbocycles. The lowest BCUT2D eigenvalue weighted by Crippen LogP contribution is -2.49. The first-order valence-electron chi connectivity index (χ1n) is 11.2. The zero-order valence-corrected chi connectivity index (χ0v) is 18.7. The maximum atomic E-state index is 14.9. The molecule has 172 valence electrons. The molecule has 0 radical (unpaired) electrons. The number of piperazine rings is 1. The molecule has 1 atom stereocenters. The maximum absolute atomic E-state index is 14.9. The van der Waals surface area contributed by atoms with E-state index in [1.165, 1.54) is 37.5 Å². The number of carbonyl (C=O) groups excluding carboxylic acids is 3. The van der Waals surface area contributed by atoms with Gasteiger partial charge in [0.2, 0.25) is 0 Å². The molecule has 1 aliphatic carbocycles. The Labute approximate surface area is 191 Å². The molecule has 5 rings (SSSR count). The molecule has 0 spiro atoms. The van der Waals surface area contributed by atoms with Crippen molar-refractivity contribution in [2.45, 2.75) is 38.1 Å². The third-order valence-corrected chi connectivity index (χ3v) is 6.79. The molecule has 2 saturated heterocycles. The molecular formula is C24H26FN5O3. The number of hydrogen-bond acceptors (Lipinski definition) is 5. The number of hydrogen-bond donors (Lipinski definition) is 2. The SMILES string of the molecule is Cc1cc(C2CC2)cnc1N1CCN(C(=O)c2ccc([C@]3(C)NC(=O)NC3=O)c(F)c2)CC1. The van der Waals surface area contributed by atoms with Gasteiger partial charge in [0.15, 0.2) is 0 Å². The predicted molar refractivity (Wildman–Crippen MR) is 119 cm³/mol. The maximum Gasteiger partial charge on any atom is 0.322 e. The highest BCUT2D eigenvalue weighted by molar-refractivity contribution is 6.07. The zero-order valence-electron chi connectivity index (χ0n) is 18.7. The van der Waals surface area contributed by atoms with Crippen LogP contribution >= 0.6 is 0 Å². The van der Waals surface area contributed by atoms with Crippen molar-refractivity contribution < 1.29 is 18.8 Å². The normalized spacial score (nSPS) is 22.9. The Kier molecular flexibility index (Phi) is 5.07. The topological polar surface area (TPSA) is 94.6 Å². The second-order valence-corrected chi connectivity index (χ2v) is 9.19. The number of urea groups is 1. The summed E-state index contributed by atoms with van der Waals surface area (Å²) in [6, 6.07) is 5.56. The van der Waals surface area contributed by atoms with Gasteiger partial charge in [0.1, 0.15) is 17.2 Å². The summed E-state index contributed by atoms with van der Waals surface area (Å²) in [4.78, 5) is 45.2. The number of halogens is 1. The van der Waals surface area contributed by atoms with Gasteiger partial charge in [0.05, 0.1) is 0 Å². The van der Waals surface area contributed by atoms with Crippen LogP contribution in [0.3, 0.4) is 0 Å². The largest absolute Gasteiger partial charge is 0.353 e. The number of carbonyl (C=O) groups is 3. The molecular weight excluding hydrogens is 425 g/mol. The minimum atomic E-state index is -1.51. The zero-order chi connectivity index (χ0) is 23.3. The number of anilines is 1. The van der Waals surface area contributed by atoms with E-state index in [2.05, 4.69) is 33.5 Å². The Bertz CT molecular complexity index is 1160. The third-order valence-electron chi connectivity index (χ3n) is 6.79. The number of imide groups is 1. The van der Waals surface area contributed by atoms with Gasteiger partial charge in [0.25, 0.3) is 11.8 Å². The summed E-state index contributed by atoms with van der Waals surface area (Å²) < 4.78 is 14.9. The lowest BCUT2D eigenvalue weighted by Gasteiger charge is -2.36. The van der Waals surface area contributed by atoms with Gasteiger partial charge in [-0.1, -0.05) is 12.1 Å². The van der Waals surface area contributed by atoms with Crippen LogP contribution in [0.15, 0.2) is 30.5 Å². The van der Waals surface area contributed by atoms with Crippen LogP contribution in [0, 0.1) is 12.7 Å². The summed E-state index contributed by atoms with van der Waals surface area (Å²) in [5.41, 5.74) is 1.17. The minimum Gasteiger partial charge on any atom is -0.353 e. The molecule has 33 heavy (non-hydrogen) atoms. The Morgan fingerprint density at radius 2 is 1.88 bits per heavy atom. The molecule has 4 amide bonds. The molecule has 2 aromatic rings. The number of aryl methyl sites for hydroxylation is 1. The van der Waals surface area contributed by atoms with Gasteiger partial charge in [-0.15, -0.1) is 0 Å². The summed E-state index contributed by atoms with van der Waals surface area (Å²) in [6.45, 7) is 5.80. The van der Waals surface area contributed by atoms with Crippen molar-refractivity contribution in [3.8, 4) is 0 Å². The second-order valence-electron chi connectivity index (χ2n) is 9.19. The van der Waals surface area contributed by atoms with Gasteiger partial charge in [-0.2, -0.15) is 0 Å².